The van der Waals surface area contributed by atoms with Crippen LogP contribution in [0.4, 0.5) is 5.95 Å². The minimum Gasteiger partial charge on any atom is -0.439 e. The largest absolute Gasteiger partial charge is 0.439 e. The van der Waals surface area contributed by atoms with Gasteiger partial charge in [-0.1, -0.05) is 36.4 Å². The third-order valence-electron chi connectivity index (χ3n) is 7.00. The van der Waals surface area contributed by atoms with Crippen LogP contribution in [0.2, 0.25) is 0 Å². The molecule has 0 atom stereocenters. The molecule has 2 aromatic heterocycles. The Morgan fingerprint density at radius 3 is 2.34 bits per heavy atom. The molecule has 4 aromatic rings. The second-order valence-electron chi connectivity index (χ2n) is 9.84. The number of ether oxygens (including phenoxy) is 1. The predicted molar refractivity (Wildman–Crippen MR) is 147 cm³/mol. The Balaban J connectivity index is 1.48. The summed E-state index contributed by atoms with van der Waals surface area (Å²) in [5, 5.41) is 3.96. The van der Waals surface area contributed by atoms with Gasteiger partial charge in [0.25, 0.3) is 10.0 Å². The highest BCUT2D eigenvalue weighted by molar-refractivity contribution is 7.92. The van der Waals surface area contributed by atoms with Gasteiger partial charge in [-0.05, 0) is 76.0 Å². The van der Waals surface area contributed by atoms with Crippen LogP contribution in [0.25, 0.3) is 11.3 Å². The standard InChI is InChI=1S/C28H32N6O3S/c1-19-7-5-6-8-25(19)26-20(2)27(31-28(30-26)32-38(35,36)24-17-29-34(4)18-24)37-23-11-9-21(10-12-23)22-13-15-33(3)16-14-22/h5-12,17-18,22H,13-16H2,1-4H3,(H,30,31,32). The number of sulfonamides is 1. The molecule has 1 N–H and O–H groups in total. The molecule has 0 saturated carbocycles. The SMILES string of the molecule is Cc1ccccc1-c1nc(NS(=O)(=O)c2cnn(C)c2)nc(Oc2ccc(C3CCN(C)CC3)cc2)c1C. The van der Waals surface area contributed by atoms with Gasteiger partial charge < -0.3 is 9.64 Å². The summed E-state index contributed by atoms with van der Waals surface area (Å²) in [6, 6.07) is 15.9. The number of hydrogen-bond acceptors (Lipinski definition) is 7. The molecule has 10 heteroatoms. The molecule has 1 saturated heterocycles. The molecular weight excluding hydrogens is 500 g/mol. The zero-order valence-electron chi connectivity index (χ0n) is 22.0. The lowest BCUT2D eigenvalue weighted by molar-refractivity contribution is 0.255. The summed E-state index contributed by atoms with van der Waals surface area (Å²) < 4.78 is 36.2. The number of piperidine rings is 1. The molecule has 9 nitrogen and oxygen atoms in total. The topological polar surface area (TPSA) is 102 Å². The Morgan fingerprint density at radius 1 is 0.974 bits per heavy atom. The molecule has 2 aromatic carbocycles. The average Bonchev–Trinajstić information content (AvgIpc) is 3.34. The number of benzene rings is 2. The zero-order valence-corrected chi connectivity index (χ0v) is 22.9. The fourth-order valence-electron chi connectivity index (χ4n) is 4.72. The Bertz CT molecular complexity index is 1540. The molecule has 198 valence electrons. The van der Waals surface area contributed by atoms with Crippen molar-refractivity contribution in [3.8, 4) is 22.9 Å². The van der Waals surface area contributed by atoms with E-state index in [-0.39, 0.29) is 16.7 Å². The molecule has 0 amide bonds. The Kier molecular flexibility index (Phi) is 7.18. The highest BCUT2D eigenvalue weighted by atomic mass is 32.2. The number of aryl methyl sites for hydroxylation is 2. The van der Waals surface area contributed by atoms with Crippen molar-refractivity contribution >= 4 is 16.0 Å². The van der Waals surface area contributed by atoms with Crippen molar-refractivity contribution in [2.45, 2.75) is 37.5 Å². The highest BCUT2D eigenvalue weighted by Crippen LogP contribution is 2.34. The first-order valence-electron chi connectivity index (χ1n) is 12.6. The molecule has 0 aliphatic carbocycles. The minimum absolute atomic E-state index is 0.0218. The van der Waals surface area contributed by atoms with Crippen LogP contribution in [-0.4, -0.2) is 53.2 Å². The van der Waals surface area contributed by atoms with Crippen LogP contribution in [0.5, 0.6) is 11.6 Å². The maximum absolute atomic E-state index is 13.0. The number of nitrogens with zero attached hydrogens (tertiary/aromatic N) is 5. The normalized spacial score (nSPS) is 14.9. The van der Waals surface area contributed by atoms with Gasteiger partial charge >= 0.3 is 0 Å². The van der Waals surface area contributed by atoms with Gasteiger partial charge in [0.05, 0.1) is 11.9 Å². The van der Waals surface area contributed by atoms with Crippen LogP contribution >= 0.6 is 0 Å². The summed E-state index contributed by atoms with van der Waals surface area (Å²) in [7, 11) is -0.129. The van der Waals surface area contributed by atoms with Crippen LogP contribution in [0.15, 0.2) is 65.8 Å². The third kappa shape index (κ3) is 5.56. The Morgan fingerprint density at radius 2 is 1.68 bits per heavy atom. The van der Waals surface area contributed by atoms with Crippen molar-refractivity contribution < 1.29 is 13.2 Å². The number of hydrogen-bond donors (Lipinski definition) is 1. The van der Waals surface area contributed by atoms with Crippen LogP contribution in [0.3, 0.4) is 0 Å². The lowest BCUT2D eigenvalue weighted by atomic mass is 9.90. The van der Waals surface area contributed by atoms with Gasteiger partial charge in [0.15, 0.2) is 0 Å². The monoisotopic (exact) mass is 532 g/mol. The van der Waals surface area contributed by atoms with Gasteiger partial charge in [0, 0.05) is 24.4 Å². The lowest BCUT2D eigenvalue weighted by Gasteiger charge is -2.29. The van der Waals surface area contributed by atoms with E-state index in [1.807, 2.05) is 50.2 Å². The minimum atomic E-state index is -3.94. The first-order valence-corrected chi connectivity index (χ1v) is 14.1. The number of rotatable bonds is 7. The first kappa shape index (κ1) is 25.9. The molecule has 3 heterocycles. The molecule has 5 rings (SSSR count). The predicted octanol–water partition coefficient (Wildman–Crippen LogP) is 4.90. The van der Waals surface area contributed by atoms with E-state index in [9.17, 15) is 8.42 Å². The number of anilines is 1. The van der Waals surface area contributed by atoms with E-state index in [4.69, 9.17) is 4.74 Å². The van der Waals surface area contributed by atoms with Gasteiger partial charge in [-0.15, -0.1) is 0 Å². The zero-order chi connectivity index (χ0) is 26.9. The van der Waals surface area contributed by atoms with Crippen LogP contribution in [-0.2, 0) is 17.1 Å². The third-order valence-corrected chi connectivity index (χ3v) is 8.29. The van der Waals surface area contributed by atoms with E-state index >= 15 is 0 Å². The van der Waals surface area contributed by atoms with Crippen molar-refractivity contribution in [1.82, 2.24) is 24.6 Å². The molecule has 0 spiro atoms. The van der Waals surface area contributed by atoms with E-state index in [0.29, 0.717) is 22.9 Å². The summed E-state index contributed by atoms with van der Waals surface area (Å²) in [5.41, 5.74) is 4.49. The Hall–Kier alpha value is -3.76. The van der Waals surface area contributed by atoms with E-state index in [1.54, 1.807) is 7.05 Å². The van der Waals surface area contributed by atoms with Crippen molar-refractivity contribution in [3.05, 3.63) is 77.6 Å². The van der Waals surface area contributed by atoms with Gasteiger partial charge in [0.2, 0.25) is 11.8 Å². The molecule has 1 aliphatic heterocycles. The molecule has 0 radical (unpaired) electrons. The summed E-state index contributed by atoms with van der Waals surface area (Å²) in [6.45, 7) is 6.06. The summed E-state index contributed by atoms with van der Waals surface area (Å²) >= 11 is 0. The average molecular weight is 533 g/mol. The maximum atomic E-state index is 13.0. The lowest BCUT2D eigenvalue weighted by Crippen LogP contribution is -2.29. The molecule has 0 unspecified atom stereocenters. The van der Waals surface area contributed by atoms with Gasteiger partial charge in [0.1, 0.15) is 10.6 Å². The first-order chi connectivity index (χ1) is 18.2. The summed E-state index contributed by atoms with van der Waals surface area (Å²) in [4.78, 5) is 11.4. The van der Waals surface area contributed by atoms with Crippen molar-refractivity contribution in [2.24, 2.45) is 7.05 Å². The fraction of sp³-hybridized carbons (Fsp3) is 0.321. The summed E-state index contributed by atoms with van der Waals surface area (Å²) in [6.07, 6.45) is 4.98. The number of likely N-dealkylation sites (tertiary alicyclic amines) is 1. The van der Waals surface area contributed by atoms with Gasteiger partial charge in [-0.3, -0.25) is 4.68 Å². The van der Waals surface area contributed by atoms with Crippen molar-refractivity contribution in [3.63, 3.8) is 0 Å². The van der Waals surface area contributed by atoms with E-state index in [1.165, 1.54) is 22.6 Å². The maximum Gasteiger partial charge on any atom is 0.267 e. The number of nitrogens with one attached hydrogen (secondary N) is 1. The molecule has 1 aliphatic rings. The van der Waals surface area contributed by atoms with E-state index in [0.717, 1.165) is 37.1 Å². The molecule has 0 bridgehead atoms. The molecule has 1 fully saturated rings. The number of aromatic nitrogens is 4. The van der Waals surface area contributed by atoms with Crippen LogP contribution in [0, 0.1) is 13.8 Å². The van der Waals surface area contributed by atoms with E-state index < -0.39 is 10.0 Å². The molecular formula is C28H32N6O3S. The van der Waals surface area contributed by atoms with Crippen LogP contribution < -0.4 is 9.46 Å². The fourth-order valence-corrected chi connectivity index (χ4v) is 5.65. The summed E-state index contributed by atoms with van der Waals surface area (Å²) in [5.74, 6) is 1.38. The van der Waals surface area contributed by atoms with Gasteiger partial charge in [-0.25, -0.2) is 18.1 Å². The van der Waals surface area contributed by atoms with Crippen LogP contribution in [0.1, 0.15) is 35.4 Å². The Labute approximate surface area is 223 Å². The quantitative estimate of drug-likeness (QED) is 0.361. The second-order valence-corrected chi connectivity index (χ2v) is 11.5. The van der Waals surface area contributed by atoms with Crippen molar-refractivity contribution in [1.29, 1.82) is 0 Å². The molecule has 38 heavy (non-hydrogen) atoms. The van der Waals surface area contributed by atoms with Gasteiger partial charge in [-0.2, -0.15) is 10.1 Å². The highest BCUT2D eigenvalue weighted by Gasteiger charge is 2.22. The second kappa shape index (κ2) is 10.5. The smallest absolute Gasteiger partial charge is 0.267 e. The van der Waals surface area contributed by atoms with Crippen molar-refractivity contribution in [2.75, 3.05) is 24.9 Å². The van der Waals surface area contributed by atoms with E-state index in [2.05, 4.69) is 43.9 Å².